The first kappa shape index (κ1) is 17.9. The van der Waals surface area contributed by atoms with Gasteiger partial charge in [-0.25, -0.2) is 0 Å². The van der Waals surface area contributed by atoms with Crippen molar-refractivity contribution in [1.29, 1.82) is 0 Å². The van der Waals surface area contributed by atoms with Gasteiger partial charge in [-0.05, 0) is 39.0 Å². The Bertz CT molecular complexity index is 819. The number of carbonyl (C=O) groups is 2. The topological polar surface area (TPSA) is 71.4 Å². The molecule has 0 aliphatic carbocycles. The summed E-state index contributed by atoms with van der Waals surface area (Å²) < 4.78 is 1.31. The van der Waals surface area contributed by atoms with E-state index in [4.69, 9.17) is 0 Å². The summed E-state index contributed by atoms with van der Waals surface area (Å²) in [6.07, 6.45) is 1.49. The molecule has 1 N–H and O–H groups in total. The largest absolute Gasteiger partial charge is 0.339 e. The van der Waals surface area contributed by atoms with E-state index in [9.17, 15) is 14.4 Å². The first-order valence-corrected chi connectivity index (χ1v) is 8.56. The average molecular weight is 347 g/mol. The molecule has 0 fully saturated rings. The van der Waals surface area contributed by atoms with E-state index in [-0.39, 0.29) is 23.1 Å². The Morgan fingerprint density at radius 2 is 1.92 bits per heavy atom. The molecule has 0 unspecified atom stereocenters. The average Bonchev–Trinajstić information content (AvgIpc) is 2.99. The Labute approximate surface area is 144 Å². The summed E-state index contributed by atoms with van der Waals surface area (Å²) in [5.74, 6) is -0.518. The molecular formula is C17H21N3O3S. The second-order valence-corrected chi connectivity index (χ2v) is 6.69. The molecule has 7 heteroatoms. The fourth-order valence-corrected chi connectivity index (χ4v) is 3.11. The highest BCUT2D eigenvalue weighted by Gasteiger charge is 2.17. The molecule has 2 rings (SSSR count). The van der Waals surface area contributed by atoms with Gasteiger partial charge in [0.2, 0.25) is 0 Å². The molecule has 0 saturated heterocycles. The van der Waals surface area contributed by atoms with Gasteiger partial charge in [0.1, 0.15) is 5.69 Å². The molecule has 128 valence electrons. The summed E-state index contributed by atoms with van der Waals surface area (Å²) in [4.78, 5) is 40.2. The lowest BCUT2D eigenvalue weighted by Crippen LogP contribution is -2.32. The maximum Gasteiger partial charge on any atom is 0.274 e. The lowest BCUT2D eigenvalue weighted by atomic mass is 10.2. The molecule has 0 saturated carbocycles. The summed E-state index contributed by atoms with van der Waals surface area (Å²) in [7, 11) is 1.56. The van der Waals surface area contributed by atoms with Crippen LogP contribution in [-0.4, -0.2) is 34.4 Å². The van der Waals surface area contributed by atoms with Gasteiger partial charge in [0, 0.05) is 31.2 Å². The molecule has 0 aliphatic heterocycles. The van der Waals surface area contributed by atoms with Gasteiger partial charge in [0.25, 0.3) is 17.4 Å². The van der Waals surface area contributed by atoms with Gasteiger partial charge < -0.3 is 14.8 Å². The molecule has 0 aliphatic rings. The molecular weight excluding hydrogens is 326 g/mol. The monoisotopic (exact) mass is 347 g/mol. The highest BCUT2D eigenvalue weighted by Crippen LogP contribution is 2.17. The minimum Gasteiger partial charge on any atom is -0.339 e. The summed E-state index contributed by atoms with van der Waals surface area (Å²) in [5.41, 5.74) is 0.123. The third kappa shape index (κ3) is 3.73. The summed E-state index contributed by atoms with van der Waals surface area (Å²) in [6, 6.07) is 5.00. The number of rotatable bonds is 5. The second-order valence-electron chi connectivity index (χ2n) is 5.40. The zero-order valence-corrected chi connectivity index (χ0v) is 15.1. The summed E-state index contributed by atoms with van der Waals surface area (Å²) in [6.45, 7) is 6.85. The van der Waals surface area contributed by atoms with E-state index in [2.05, 4.69) is 5.32 Å². The second kappa shape index (κ2) is 7.44. The first-order valence-electron chi connectivity index (χ1n) is 7.75. The van der Waals surface area contributed by atoms with Gasteiger partial charge in [-0.2, -0.15) is 0 Å². The predicted molar refractivity (Wildman–Crippen MR) is 95.9 cm³/mol. The number of amides is 2. The lowest BCUT2D eigenvalue weighted by Gasteiger charge is -2.19. The third-order valence-electron chi connectivity index (χ3n) is 3.69. The number of hydrogen-bond acceptors (Lipinski definition) is 4. The van der Waals surface area contributed by atoms with Crippen LogP contribution in [0.25, 0.3) is 0 Å². The van der Waals surface area contributed by atoms with Crippen LogP contribution in [0.15, 0.2) is 29.2 Å². The van der Waals surface area contributed by atoms with Crippen LogP contribution < -0.4 is 10.9 Å². The van der Waals surface area contributed by atoms with Gasteiger partial charge in [-0.1, -0.05) is 0 Å². The van der Waals surface area contributed by atoms with E-state index in [1.165, 1.54) is 28.2 Å². The standard InChI is InChI=1S/C17H21N3O3S/c1-5-20(6-2)16(22)12-9-13(17(23)19(4)10-12)18-15(21)14-8-7-11(3)24-14/h7-10H,5-6H2,1-4H3,(H,18,21). The molecule has 0 radical (unpaired) electrons. The Morgan fingerprint density at radius 3 is 2.46 bits per heavy atom. The number of hydrogen-bond donors (Lipinski definition) is 1. The number of nitrogens with zero attached hydrogens (tertiary/aromatic N) is 2. The van der Waals surface area contributed by atoms with Gasteiger partial charge in [0.15, 0.2) is 0 Å². The first-order chi connectivity index (χ1) is 11.4. The highest BCUT2D eigenvalue weighted by molar-refractivity contribution is 7.14. The normalized spacial score (nSPS) is 10.5. The smallest absolute Gasteiger partial charge is 0.274 e. The van der Waals surface area contributed by atoms with E-state index < -0.39 is 0 Å². The van der Waals surface area contributed by atoms with Crippen molar-refractivity contribution in [2.45, 2.75) is 20.8 Å². The van der Waals surface area contributed by atoms with Crippen molar-refractivity contribution in [3.8, 4) is 0 Å². The Morgan fingerprint density at radius 1 is 1.25 bits per heavy atom. The highest BCUT2D eigenvalue weighted by atomic mass is 32.1. The number of aromatic nitrogens is 1. The van der Waals surface area contributed by atoms with E-state index in [0.29, 0.717) is 23.5 Å². The predicted octanol–water partition coefficient (Wildman–Crippen LogP) is 2.49. The Hall–Kier alpha value is -2.41. The number of aryl methyl sites for hydroxylation is 2. The number of anilines is 1. The molecule has 24 heavy (non-hydrogen) atoms. The van der Waals surface area contributed by atoms with Crippen molar-refractivity contribution in [2.75, 3.05) is 18.4 Å². The molecule has 0 atom stereocenters. The third-order valence-corrected chi connectivity index (χ3v) is 4.69. The van der Waals surface area contributed by atoms with Gasteiger partial charge in [-0.3, -0.25) is 14.4 Å². The molecule has 0 bridgehead atoms. The van der Waals surface area contributed by atoms with E-state index in [1.54, 1.807) is 18.0 Å². The van der Waals surface area contributed by atoms with Crippen molar-refractivity contribution < 1.29 is 9.59 Å². The number of thiophene rings is 1. The maximum absolute atomic E-state index is 12.5. The van der Waals surface area contributed by atoms with Gasteiger partial charge in [-0.15, -0.1) is 11.3 Å². The van der Waals surface area contributed by atoms with Crippen LogP contribution >= 0.6 is 11.3 Å². The molecule has 2 aromatic heterocycles. The van der Waals surface area contributed by atoms with Crippen LogP contribution in [0.3, 0.4) is 0 Å². The maximum atomic E-state index is 12.5. The van der Waals surface area contributed by atoms with Crippen LogP contribution in [0, 0.1) is 6.92 Å². The molecule has 2 amide bonds. The number of pyridine rings is 1. The summed E-state index contributed by atoms with van der Waals surface area (Å²) in [5, 5.41) is 2.62. The minimum atomic E-state index is -0.354. The van der Waals surface area contributed by atoms with Crippen LogP contribution in [0.4, 0.5) is 5.69 Å². The lowest BCUT2D eigenvalue weighted by molar-refractivity contribution is 0.0771. The van der Waals surface area contributed by atoms with Crippen molar-refractivity contribution >= 4 is 28.8 Å². The fraction of sp³-hybridized carbons (Fsp3) is 0.353. The zero-order chi connectivity index (χ0) is 17.9. The van der Waals surface area contributed by atoms with Crippen molar-refractivity contribution in [3.63, 3.8) is 0 Å². The Balaban J connectivity index is 2.35. The zero-order valence-electron chi connectivity index (χ0n) is 14.3. The fourth-order valence-electron chi connectivity index (χ4n) is 2.35. The van der Waals surface area contributed by atoms with Crippen LogP contribution in [0.5, 0.6) is 0 Å². The van der Waals surface area contributed by atoms with Gasteiger partial charge in [0.05, 0.1) is 10.4 Å². The van der Waals surface area contributed by atoms with Crippen LogP contribution in [0.2, 0.25) is 0 Å². The SMILES string of the molecule is CCN(CC)C(=O)c1cc(NC(=O)c2ccc(C)s2)c(=O)n(C)c1. The molecule has 2 heterocycles. The molecule has 6 nitrogen and oxygen atoms in total. The van der Waals surface area contributed by atoms with Crippen molar-refractivity contribution in [3.05, 3.63) is 50.1 Å². The van der Waals surface area contributed by atoms with Gasteiger partial charge >= 0.3 is 0 Å². The molecule has 2 aromatic rings. The molecule has 0 spiro atoms. The minimum absolute atomic E-state index is 0.103. The van der Waals surface area contributed by atoms with E-state index >= 15 is 0 Å². The van der Waals surface area contributed by atoms with Crippen molar-refractivity contribution in [1.82, 2.24) is 9.47 Å². The quantitative estimate of drug-likeness (QED) is 0.903. The Kier molecular flexibility index (Phi) is 5.56. The summed E-state index contributed by atoms with van der Waals surface area (Å²) >= 11 is 1.35. The van der Waals surface area contributed by atoms with Crippen molar-refractivity contribution in [2.24, 2.45) is 7.05 Å². The molecule has 0 aromatic carbocycles. The van der Waals surface area contributed by atoms with E-state index in [1.807, 2.05) is 26.8 Å². The number of carbonyl (C=O) groups excluding carboxylic acids is 2. The van der Waals surface area contributed by atoms with Crippen LogP contribution in [0.1, 0.15) is 38.8 Å². The van der Waals surface area contributed by atoms with Crippen LogP contribution in [-0.2, 0) is 7.05 Å². The van der Waals surface area contributed by atoms with E-state index in [0.717, 1.165) is 4.88 Å². The number of nitrogens with one attached hydrogen (secondary N) is 1.